The first-order valence-corrected chi connectivity index (χ1v) is 10.4. The van der Waals surface area contributed by atoms with E-state index in [1.807, 2.05) is 24.4 Å². The molecule has 0 aliphatic heterocycles. The van der Waals surface area contributed by atoms with Gasteiger partial charge in [-0.3, -0.25) is 4.79 Å². The van der Waals surface area contributed by atoms with Crippen LogP contribution in [0.5, 0.6) is 11.5 Å². The largest absolute Gasteiger partial charge is 0.495 e. The van der Waals surface area contributed by atoms with Crippen molar-refractivity contribution < 1.29 is 14.3 Å². The average molecular weight is 443 g/mol. The minimum Gasteiger partial charge on any atom is -0.495 e. The van der Waals surface area contributed by atoms with E-state index in [0.717, 1.165) is 10.6 Å². The maximum atomic E-state index is 13.3. The van der Waals surface area contributed by atoms with E-state index in [9.17, 15) is 4.79 Å². The van der Waals surface area contributed by atoms with Crippen molar-refractivity contribution in [2.75, 3.05) is 19.5 Å². The van der Waals surface area contributed by atoms with Crippen LogP contribution in [0.4, 0.5) is 5.69 Å². The zero-order valence-corrected chi connectivity index (χ0v) is 18.2. The van der Waals surface area contributed by atoms with Gasteiger partial charge in [-0.2, -0.15) is 5.10 Å². The average Bonchev–Trinajstić information content (AvgIpc) is 3.43. The number of hydrogen-bond acceptors (Lipinski definition) is 6. The zero-order valence-electron chi connectivity index (χ0n) is 16.6. The first-order chi connectivity index (χ1) is 14.5. The molecule has 0 unspecified atom stereocenters. The Morgan fingerprint density at radius 3 is 2.70 bits per heavy atom. The first-order valence-electron chi connectivity index (χ1n) is 9.19. The van der Waals surface area contributed by atoms with Crippen LogP contribution >= 0.6 is 22.9 Å². The van der Waals surface area contributed by atoms with E-state index in [4.69, 9.17) is 26.1 Å². The molecular weight excluding hydrogens is 424 g/mol. The van der Waals surface area contributed by atoms with E-state index >= 15 is 0 Å². The van der Waals surface area contributed by atoms with Crippen molar-refractivity contribution in [1.29, 1.82) is 0 Å². The Kier molecular flexibility index (Phi) is 5.61. The van der Waals surface area contributed by atoms with Crippen molar-refractivity contribution in [1.82, 2.24) is 14.8 Å². The second-order valence-electron chi connectivity index (χ2n) is 6.37. The molecule has 1 N–H and O–H groups in total. The lowest BCUT2D eigenvalue weighted by Crippen LogP contribution is -2.14. The van der Waals surface area contributed by atoms with Gasteiger partial charge < -0.3 is 14.8 Å². The molecule has 154 valence electrons. The molecule has 0 aliphatic carbocycles. The zero-order chi connectivity index (χ0) is 21.3. The second kappa shape index (κ2) is 8.33. The van der Waals surface area contributed by atoms with Gasteiger partial charge in [-0.05, 0) is 24.4 Å². The molecule has 0 bridgehead atoms. The maximum Gasteiger partial charge on any atom is 0.256 e. The van der Waals surface area contributed by atoms with E-state index in [2.05, 4.69) is 10.4 Å². The quantitative estimate of drug-likeness (QED) is 0.449. The van der Waals surface area contributed by atoms with Crippen LogP contribution in [0.3, 0.4) is 0 Å². The predicted molar refractivity (Wildman–Crippen MR) is 119 cm³/mol. The molecule has 0 saturated heterocycles. The highest BCUT2D eigenvalue weighted by atomic mass is 35.5. The molecule has 3 heterocycles. The van der Waals surface area contributed by atoms with Crippen molar-refractivity contribution in [3.05, 3.63) is 52.5 Å². The molecule has 4 aromatic rings. The summed E-state index contributed by atoms with van der Waals surface area (Å²) in [6.07, 6.45) is 1.67. The molecule has 0 radical (unpaired) electrons. The number of halogens is 1. The topological polar surface area (TPSA) is 78.3 Å². The van der Waals surface area contributed by atoms with Gasteiger partial charge in [0.15, 0.2) is 5.65 Å². The molecule has 3 aromatic heterocycles. The van der Waals surface area contributed by atoms with E-state index in [1.54, 1.807) is 40.4 Å². The highest BCUT2D eigenvalue weighted by molar-refractivity contribution is 7.13. The number of amides is 1. The van der Waals surface area contributed by atoms with Crippen molar-refractivity contribution in [3.8, 4) is 22.1 Å². The lowest BCUT2D eigenvalue weighted by molar-refractivity contribution is 0.102. The van der Waals surface area contributed by atoms with Crippen LogP contribution in [0.25, 0.3) is 21.6 Å². The van der Waals surface area contributed by atoms with Gasteiger partial charge in [-0.25, -0.2) is 9.67 Å². The van der Waals surface area contributed by atoms with Crippen LogP contribution in [0.15, 0.2) is 41.9 Å². The summed E-state index contributed by atoms with van der Waals surface area (Å²) in [5.74, 6) is 0.562. The molecule has 0 fully saturated rings. The van der Waals surface area contributed by atoms with E-state index < -0.39 is 0 Å². The fourth-order valence-corrected chi connectivity index (χ4v) is 4.08. The monoisotopic (exact) mass is 442 g/mol. The van der Waals surface area contributed by atoms with Crippen LogP contribution < -0.4 is 14.8 Å². The highest BCUT2D eigenvalue weighted by Crippen LogP contribution is 2.36. The Bertz CT molecular complexity index is 1220. The minimum absolute atomic E-state index is 0.307. The Hall–Kier alpha value is -3.10. The summed E-state index contributed by atoms with van der Waals surface area (Å²) in [4.78, 5) is 19.0. The van der Waals surface area contributed by atoms with Gasteiger partial charge in [-0.15, -0.1) is 11.3 Å². The number of methoxy groups -OCH3 is 2. The Morgan fingerprint density at radius 2 is 2.03 bits per heavy atom. The molecule has 0 atom stereocenters. The van der Waals surface area contributed by atoms with Crippen molar-refractivity contribution >= 4 is 45.6 Å². The van der Waals surface area contributed by atoms with Gasteiger partial charge in [0.25, 0.3) is 5.91 Å². The SMILES string of the molecule is CCn1ncc2c(C(=O)Nc3cc(OC)c(Cl)cc3OC)cc(-c3cccs3)nc21. The molecule has 4 rings (SSSR count). The van der Waals surface area contributed by atoms with E-state index in [-0.39, 0.29) is 5.91 Å². The maximum absolute atomic E-state index is 13.3. The van der Waals surface area contributed by atoms with Gasteiger partial charge in [0, 0.05) is 18.7 Å². The Labute approximate surface area is 182 Å². The van der Waals surface area contributed by atoms with Crippen LogP contribution in [-0.4, -0.2) is 34.9 Å². The summed E-state index contributed by atoms with van der Waals surface area (Å²) in [5, 5.41) is 10.3. The number of fused-ring (bicyclic) bond motifs is 1. The third-order valence-corrected chi connectivity index (χ3v) is 5.84. The summed E-state index contributed by atoms with van der Waals surface area (Å²) in [5.41, 5.74) is 2.31. The summed E-state index contributed by atoms with van der Waals surface area (Å²) in [6, 6.07) is 8.94. The number of benzene rings is 1. The van der Waals surface area contributed by atoms with Crippen molar-refractivity contribution in [2.45, 2.75) is 13.5 Å². The number of carbonyl (C=O) groups excluding carboxylic acids is 1. The lowest BCUT2D eigenvalue weighted by atomic mass is 10.1. The molecule has 0 spiro atoms. The number of nitrogens with zero attached hydrogens (tertiary/aromatic N) is 3. The van der Waals surface area contributed by atoms with Crippen LogP contribution in [0.2, 0.25) is 5.02 Å². The first kappa shape index (κ1) is 20.2. The second-order valence-corrected chi connectivity index (χ2v) is 7.73. The normalized spacial score (nSPS) is 10.9. The summed E-state index contributed by atoms with van der Waals surface area (Å²) < 4.78 is 12.4. The van der Waals surface area contributed by atoms with Crippen LogP contribution in [0.1, 0.15) is 17.3 Å². The number of aryl methyl sites for hydroxylation is 1. The molecule has 9 heteroatoms. The smallest absolute Gasteiger partial charge is 0.256 e. The minimum atomic E-state index is -0.307. The fourth-order valence-electron chi connectivity index (χ4n) is 3.17. The third kappa shape index (κ3) is 3.59. The van der Waals surface area contributed by atoms with E-state index in [1.165, 1.54) is 14.2 Å². The predicted octanol–water partition coefficient (Wildman–Crippen LogP) is 5.10. The summed E-state index contributed by atoms with van der Waals surface area (Å²) in [7, 11) is 3.02. The van der Waals surface area contributed by atoms with Gasteiger partial charge >= 0.3 is 0 Å². The number of ether oxygens (including phenoxy) is 2. The number of thiophene rings is 1. The number of anilines is 1. The number of pyridine rings is 1. The highest BCUT2D eigenvalue weighted by Gasteiger charge is 2.20. The molecular formula is C21H19ClN4O3S. The Morgan fingerprint density at radius 1 is 1.23 bits per heavy atom. The van der Waals surface area contributed by atoms with Gasteiger partial charge in [-0.1, -0.05) is 17.7 Å². The number of nitrogens with one attached hydrogen (secondary N) is 1. The molecule has 0 aliphatic rings. The lowest BCUT2D eigenvalue weighted by Gasteiger charge is -2.14. The fraction of sp³-hybridized carbons (Fsp3) is 0.190. The van der Waals surface area contributed by atoms with Gasteiger partial charge in [0.1, 0.15) is 11.5 Å². The molecule has 1 aromatic carbocycles. The summed E-state index contributed by atoms with van der Waals surface area (Å²) >= 11 is 7.74. The van der Waals surface area contributed by atoms with Crippen LogP contribution in [0, 0.1) is 0 Å². The number of aromatic nitrogens is 3. The molecule has 30 heavy (non-hydrogen) atoms. The number of hydrogen-bond donors (Lipinski definition) is 1. The van der Waals surface area contributed by atoms with Gasteiger partial charge in [0.2, 0.25) is 0 Å². The molecule has 1 amide bonds. The van der Waals surface area contributed by atoms with Crippen molar-refractivity contribution in [2.24, 2.45) is 0 Å². The molecule has 7 nitrogen and oxygen atoms in total. The standard InChI is InChI=1S/C21H19ClN4O3S/c1-4-26-20-13(11-23-26)12(8-16(24-20)19-6-5-7-30-19)21(27)25-15-10-17(28-2)14(22)9-18(15)29-3/h5-11H,4H2,1-3H3,(H,25,27). The molecule has 0 saturated carbocycles. The number of carbonyl (C=O) groups is 1. The Balaban J connectivity index is 1.81. The van der Waals surface area contributed by atoms with E-state index in [0.29, 0.717) is 45.4 Å². The van der Waals surface area contributed by atoms with Gasteiger partial charge in [0.05, 0.1) is 52.6 Å². The summed E-state index contributed by atoms with van der Waals surface area (Å²) in [6.45, 7) is 2.63. The van der Waals surface area contributed by atoms with Crippen molar-refractivity contribution in [3.63, 3.8) is 0 Å². The van der Waals surface area contributed by atoms with Crippen LogP contribution in [-0.2, 0) is 6.54 Å². The third-order valence-electron chi connectivity index (χ3n) is 4.65. The number of rotatable bonds is 6.